The molecule has 0 spiro atoms. The fourth-order valence-electron chi connectivity index (χ4n) is 4.34. The first kappa shape index (κ1) is 25.0. The van der Waals surface area contributed by atoms with Crippen LogP contribution in [0, 0.1) is 0 Å². The highest BCUT2D eigenvalue weighted by Gasteiger charge is 2.32. The Bertz CT molecular complexity index is 1230. The lowest BCUT2D eigenvalue weighted by Gasteiger charge is -2.22. The van der Waals surface area contributed by atoms with E-state index in [1.54, 1.807) is 30.3 Å². The van der Waals surface area contributed by atoms with Crippen LogP contribution in [0.5, 0.6) is 0 Å². The zero-order valence-electron chi connectivity index (χ0n) is 19.1. The van der Waals surface area contributed by atoms with E-state index in [9.17, 15) is 22.8 Å². The molecule has 0 radical (unpaired) electrons. The van der Waals surface area contributed by atoms with Gasteiger partial charge in [0.2, 0.25) is 0 Å². The number of imide groups is 1. The number of sulfonamides is 1. The van der Waals surface area contributed by atoms with E-state index in [0.717, 1.165) is 42.6 Å². The Morgan fingerprint density at radius 1 is 1.03 bits per heavy atom. The first-order valence-corrected chi connectivity index (χ1v) is 13.4. The number of rotatable bonds is 6. The lowest BCUT2D eigenvalue weighted by atomic mass is 9.96. The van der Waals surface area contributed by atoms with Crippen molar-refractivity contribution in [1.29, 1.82) is 0 Å². The largest absolute Gasteiger partial charge is 0.337 e. The van der Waals surface area contributed by atoms with E-state index in [2.05, 4.69) is 15.4 Å². The molecule has 1 aliphatic carbocycles. The quantitative estimate of drug-likeness (QED) is 0.539. The van der Waals surface area contributed by atoms with Crippen LogP contribution in [0.25, 0.3) is 0 Å². The van der Waals surface area contributed by atoms with Crippen LogP contribution in [0.3, 0.4) is 0 Å². The number of carbonyl (C=O) groups is 3. The molecule has 5 amide bonds. The molecule has 0 saturated heterocycles. The Balaban J connectivity index is 1.25. The summed E-state index contributed by atoms with van der Waals surface area (Å²) in [6.45, 7) is 0.419. The molecule has 0 aromatic heterocycles. The Kier molecular flexibility index (Phi) is 7.61. The zero-order valence-corrected chi connectivity index (χ0v) is 20.6. The maximum atomic E-state index is 12.5. The average molecular weight is 519 g/mol. The molecule has 35 heavy (non-hydrogen) atoms. The van der Waals surface area contributed by atoms with Gasteiger partial charge in [-0.25, -0.2) is 22.7 Å². The smallest absolute Gasteiger partial charge is 0.328 e. The van der Waals surface area contributed by atoms with Crippen LogP contribution >= 0.6 is 11.6 Å². The van der Waals surface area contributed by atoms with Crippen LogP contribution in [0.1, 0.15) is 53.6 Å². The number of hydrogen-bond acceptors (Lipinski definition) is 5. The predicted octanol–water partition coefficient (Wildman–Crippen LogP) is 3.57. The molecule has 186 valence electrons. The molecule has 2 aromatic carbocycles. The minimum Gasteiger partial charge on any atom is -0.337 e. The summed E-state index contributed by atoms with van der Waals surface area (Å²) in [5, 5.41) is 5.94. The van der Waals surface area contributed by atoms with Crippen molar-refractivity contribution in [2.75, 3.05) is 6.54 Å². The Morgan fingerprint density at radius 3 is 2.46 bits per heavy atom. The highest BCUT2D eigenvalue weighted by atomic mass is 35.5. The summed E-state index contributed by atoms with van der Waals surface area (Å²) in [6.07, 6.45) is 5.32. The first-order valence-electron chi connectivity index (χ1n) is 11.5. The molecule has 3 N–H and O–H groups in total. The van der Waals surface area contributed by atoms with Gasteiger partial charge in [0.25, 0.3) is 15.9 Å². The van der Waals surface area contributed by atoms with Crippen molar-refractivity contribution in [3.05, 3.63) is 64.2 Å². The van der Waals surface area contributed by atoms with Gasteiger partial charge in [-0.3, -0.25) is 9.69 Å². The molecule has 0 atom stereocenters. The molecule has 0 bridgehead atoms. The third-order valence-corrected chi connectivity index (χ3v) is 7.79. The lowest BCUT2D eigenvalue weighted by molar-refractivity contribution is 0.0821. The monoisotopic (exact) mass is 518 g/mol. The minimum absolute atomic E-state index is 0.000595. The molecule has 2 aromatic rings. The van der Waals surface area contributed by atoms with Gasteiger partial charge in [0.15, 0.2) is 0 Å². The average Bonchev–Trinajstić information content (AvgIpc) is 3.15. The number of nitrogens with zero attached hydrogens (tertiary/aromatic N) is 1. The summed E-state index contributed by atoms with van der Waals surface area (Å²) in [6, 6.07) is 9.75. The van der Waals surface area contributed by atoms with E-state index >= 15 is 0 Å². The Hall–Kier alpha value is -3.11. The SMILES string of the molecule is O=C(NC1CCCCC1)NS(=O)(=O)c1ccc(CCNC(=O)N2Cc3cc(Cl)ccc3C2=O)cc1. The van der Waals surface area contributed by atoms with Crippen molar-refractivity contribution in [2.45, 2.75) is 56.0 Å². The second kappa shape index (κ2) is 10.7. The molecule has 1 heterocycles. The molecule has 2 aliphatic rings. The summed E-state index contributed by atoms with van der Waals surface area (Å²) in [4.78, 5) is 38.1. The van der Waals surface area contributed by atoms with Crippen molar-refractivity contribution < 1.29 is 22.8 Å². The molecule has 1 fully saturated rings. The molecule has 4 rings (SSSR count). The van der Waals surface area contributed by atoms with Crippen LogP contribution < -0.4 is 15.4 Å². The van der Waals surface area contributed by atoms with Gasteiger partial charge in [-0.2, -0.15) is 0 Å². The van der Waals surface area contributed by atoms with Crippen LogP contribution in [0.15, 0.2) is 47.4 Å². The van der Waals surface area contributed by atoms with Crippen LogP contribution in [0.2, 0.25) is 5.02 Å². The highest BCUT2D eigenvalue weighted by Crippen LogP contribution is 2.25. The summed E-state index contributed by atoms with van der Waals surface area (Å²) in [5.41, 5.74) is 1.96. The molecule has 1 saturated carbocycles. The number of benzene rings is 2. The predicted molar refractivity (Wildman–Crippen MR) is 131 cm³/mol. The first-order chi connectivity index (χ1) is 16.7. The topological polar surface area (TPSA) is 125 Å². The molecular formula is C24H27ClN4O5S. The number of urea groups is 2. The molecular weight excluding hydrogens is 492 g/mol. The van der Waals surface area contributed by atoms with Gasteiger partial charge in [-0.1, -0.05) is 43.0 Å². The fraction of sp³-hybridized carbons (Fsp3) is 0.375. The van der Waals surface area contributed by atoms with E-state index in [1.807, 2.05) is 0 Å². The number of nitrogens with one attached hydrogen (secondary N) is 3. The van der Waals surface area contributed by atoms with Gasteiger partial charge in [-0.15, -0.1) is 0 Å². The number of carbonyl (C=O) groups excluding carboxylic acids is 3. The van der Waals surface area contributed by atoms with Crippen LogP contribution in [-0.4, -0.2) is 43.9 Å². The summed E-state index contributed by atoms with van der Waals surface area (Å²) in [7, 11) is -3.99. The third kappa shape index (κ3) is 6.12. The standard InChI is InChI=1S/C24H27ClN4O5S/c25-18-8-11-21-17(14-18)15-29(22(21)30)24(32)26-13-12-16-6-9-20(10-7-16)35(33,34)28-23(31)27-19-4-2-1-3-5-19/h6-11,14,19H,1-5,12-13,15H2,(H,26,32)(H2,27,28,31). The van der Waals surface area contributed by atoms with Gasteiger partial charge in [0, 0.05) is 23.2 Å². The molecule has 11 heteroatoms. The normalized spacial score (nSPS) is 16.0. The van der Waals surface area contributed by atoms with Gasteiger partial charge in [0.1, 0.15) is 0 Å². The summed E-state index contributed by atoms with van der Waals surface area (Å²) >= 11 is 5.96. The third-order valence-electron chi connectivity index (χ3n) is 6.21. The Labute approximate surface area is 209 Å². The fourth-order valence-corrected chi connectivity index (χ4v) is 5.45. The highest BCUT2D eigenvalue weighted by molar-refractivity contribution is 7.90. The maximum Gasteiger partial charge on any atom is 0.328 e. The van der Waals surface area contributed by atoms with Crippen LogP contribution in [-0.2, 0) is 23.0 Å². The molecule has 9 nitrogen and oxygen atoms in total. The number of fused-ring (bicyclic) bond motifs is 1. The van der Waals surface area contributed by atoms with Crippen molar-refractivity contribution in [2.24, 2.45) is 0 Å². The number of halogens is 1. The molecule has 0 unspecified atom stereocenters. The summed E-state index contributed by atoms with van der Waals surface area (Å²) < 4.78 is 27.1. The van der Waals surface area contributed by atoms with E-state index in [-0.39, 0.29) is 29.9 Å². The van der Waals surface area contributed by atoms with E-state index in [4.69, 9.17) is 11.6 Å². The van der Waals surface area contributed by atoms with E-state index < -0.39 is 22.1 Å². The van der Waals surface area contributed by atoms with E-state index in [1.165, 1.54) is 12.1 Å². The summed E-state index contributed by atoms with van der Waals surface area (Å²) in [5.74, 6) is -0.372. The van der Waals surface area contributed by atoms with Crippen LogP contribution in [0.4, 0.5) is 9.59 Å². The van der Waals surface area contributed by atoms with E-state index in [0.29, 0.717) is 22.6 Å². The second-order valence-electron chi connectivity index (χ2n) is 8.73. The number of amides is 5. The van der Waals surface area contributed by atoms with Gasteiger partial charge in [0.05, 0.1) is 11.4 Å². The van der Waals surface area contributed by atoms with Crippen molar-refractivity contribution in [3.63, 3.8) is 0 Å². The van der Waals surface area contributed by atoms with Gasteiger partial charge >= 0.3 is 12.1 Å². The second-order valence-corrected chi connectivity index (χ2v) is 10.9. The minimum atomic E-state index is -3.99. The maximum absolute atomic E-state index is 12.5. The Morgan fingerprint density at radius 2 is 1.74 bits per heavy atom. The van der Waals surface area contributed by atoms with Gasteiger partial charge in [-0.05, 0) is 60.7 Å². The lowest BCUT2D eigenvalue weighted by Crippen LogP contribution is -2.45. The van der Waals surface area contributed by atoms with Gasteiger partial charge < -0.3 is 10.6 Å². The van der Waals surface area contributed by atoms with Crippen molar-refractivity contribution in [1.82, 2.24) is 20.3 Å². The number of hydrogen-bond donors (Lipinski definition) is 3. The zero-order chi connectivity index (χ0) is 25.0. The molecule has 1 aliphatic heterocycles. The van der Waals surface area contributed by atoms with Crippen molar-refractivity contribution >= 4 is 39.6 Å². The van der Waals surface area contributed by atoms with Crippen molar-refractivity contribution in [3.8, 4) is 0 Å².